The zero-order valence-corrected chi connectivity index (χ0v) is 13.7. The van der Waals surface area contributed by atoms with E-state index in [1.54, 1.807) is 0 Å². The lowest BCUT2D eigenvalue weighted by Crippen LogP contribution is -2.05. The minimum atomic E-state index is 0.471. The molecule has 0 amide bonds. The summed E-state index contributed by atoms with van der Waals surface area (Å²) in [7, 11) is 0. The second-order valence-electron chi connectivity index (χ2n) is 6.03. The van der Waals surface area contributed by atoms with Crippen LogP contribution in [0, 0.1) is 0 Å². The van der Waals surface area contributed by atoms with Crippen LogP contribution in [-0.4, -0.2) is 5.16 Å². The number of ether oxygens (including phenoxy) is 1. The molecule has 1 aliphatic heterocycles. The highest BCUT2D eigenvalue weighted by molar-refractivity contribution is 5.78. The van der Waals surface area contributed by atoms with Crippen LogP contribution in [0.15, 0.2) is 53.6 Å². The number of rotatable bonds is 4. The van der Waals surface area contributed by atoms with Gasteiger partial charge in [-0.3, -0.25) is 0 Å². The lowest BCUT2D eigenvalue weighted by atomic mass is 9.98. The number of aromatic nitrogens is 1. The van der Waals surface area contributed by atoms with Crippen molar-refractivity contribution in [2.45, 2.75) is 26.4 Å². The van der Waals surface area contributed by atoms with Crippen molar-refractivity contribution < 1.29 is 9.26 Å². The first kappa shape index (κ1) is 14.8. The van der Waals surface area contributed by atoms with Gasteiger partial charge < -0.3 is 9.26 Å². The molecule has 0 atom stereocenters. The largest absolute Gasteiger partial charge is 0.488 e. The molecule has 3 heteroatoms. The van der Waals surface area contributed by atoms with Crippen LogP contribution in [0.5, 0.6) is 5.75 Å². The Morgan fingerprint density at radius 1 is 1.17 bits per heavy atom. The molecule has 4 rings (SSSR count). The molecular weight excluding hydrogens is 298 g/mol. The van der Waals surface area contributed by atoms with Crippen molar-refractivity contribution in [2.75, 3.05) is 0 Å². The molecule has 0 saturated heterocycles. The van der Waals surface area contributed by atoms with Crippen LogP contribution in [0.2, 0.25) is 0 Å². The van der Waals surface area contributed by atoms with Gasteiger partial charge in [0, 0.05) is 11.1 Å². The molecule has 0 spiro atoms. The highest BCUT2D eigenvalue weighted by Crippen LogP contribution is 2.41. The van der Waals surface area contributed by atoms with Crippen molar-refractivity contribution >= 4 is 6.08 Å². The van der Waals surface area contributed by atoms with Crippen molar-refractivity contribution in [1.82, 2.24) is 5.16 Å². The summed E-state index contributed by atoms with van der Waals surface area (Å²) in [5.74, 6) is 1.63. The summed E-state index contributed by atoms with van der Waals surface area (Å²) >= 11 is 0. The maximum Gasteiger partial charge on any atom is 0.174 e. The number of nitrogens with zero attached hydrogens (tertiary/aromatic N) is 1. The summed E-state index contributed by atoms with van der Waals surface area (Å²) in [6, 6.07) is 14.5. The van der Waals surface area contributed by atoms with Crippen LogP contribution in [-0.2, 0) is 13.0 Å². The van der Waals surface area contributed by atoms with Crippen LogP contribution >= 0.6 is 0 Å². The van der Waals surface area contributed by atoms with Gasteiger partial charge >= 0.3 is 0 Å². The molecule has 0 unspecified atom stereocenters. The minimum absolute atomic E-state index is 0.471. The van der Waals surface area contributed by atoms with Crippen molar-refractivity contribution in [3.05, 3.63) is 65.7 Å². The molecule has 120 valence electrons. The fourth-order valence-corrected chi connectivity index (χ4v) is 3.12. The van der Waals surface area contributed by atoms with Crippen molar-refractivity contribution in [2.24, 2.45) is 0 Å². The van der Waals surface area contributed by atoms with Gasteiger partial charge in [-0.2, -0.15) is 0 Å². The fraction of sp³-hybridized carbons (Fsp3) is 0.190. The van der Waals surface area contributed by atoms with Crippen LogP contribution in [0.4, 0.5) is 0 Å². The van der Waals surface area contributed by atoms with Gasteiger partial charge in [0.1, 0.15) is 18.1 Å². The maximum absolute atomic E-state index is 5.93. The van der Waals surface area contributed by atoms with Crippen LogP contribution < -0.4 is 4.74 Å². The Morgan fingerprint density at radius 2 is 2.00 bits per heavy atom. The Labute approximate surface area is 141 Å². The SMILES string of the molecule is C=Cc1ccc2c(c1)OCc1c-2noc1-c1ccc(CCC)cc1. The van der Waals surface area contributed by atoms with E-state index in [-0.39, 0.29) is 0 Å². The van der Waals surface area contributed by atoms with E-state index in [4.69, 9.17) is 9.26 Å². The monoisotopic (exact) mass is 317 g/mol. The molecule has 0 radical (unpaired) electrons. The van der Waals surface area contributed by atoms with Gasteiger partial charge in [0.05, 0.1) is 5.56 Å². The molecule has 0 bridgehead atoms. The molecule has 2 heterocycles. The number of benzene rings is 2. The molecule has 1 aromatic heterocycles. The van der Waals surface area contributed by atoms with E-state index in [1.807, 2.05) is 24.3 Å². The minimum Gasteiger partial charge on any atom is -0.488 e. The van der Waals surface area contributed by atoms with Crippen LogP contribution in [0.25, 0.3) is 28.7 Å². The number of aryl methyl sites for hydroxylation is 1. The van der Waals surface area contributed by atoms with E-state index < -0.39 is 0 Å². The van der Waals surface area contributed by atoms with Crippen LogP contribution in [0.1, 0.15) is 30.0 Å². The first-order valence-corrected chi connectivity index (χ1v) is 8.27. The second kappa shape index (κ2) is 6.00. The average molecular weight is 317 g/mol. The lowest BCUT2D eigenvalue weighted by molar-refractivity contribution is 0.302. The smallest absolute Gasteiger partial charge is 0.174 e. The van der Waals surface area contributed by atoms with Gasteiger partial charge in [-0.05, 0) is 29.7 Å². The zero-order chi connectivity index (χ0) is 16.5. The standard InChI is InChI=1S/C21H19NO2/c1-3-5-15-6-9-16(10-7-15)21-18-13-23-19-12-14(4-2)8-11-17(19)20(18)22-24-21/h4,6-12H,2-3,5,13H2,1H3. The second-order valence-corrected chi connectivity index (χ2v) is 6.03. The molecule has 3 aromatic rings. The summed E-state index contributed by atoms with van der Waals surface area (Å²) in [6.07, 6.45) is 4.05. The van der Waals surface area contributed by atoms with E-state index >= 15 is 0 Å². The van der Waals surface area contributed by atoms with Gasteiger partial charge in [0.15, 0.2) is 5.76 Å². The van der Waals surface area contributed by atoms with Crippen molar-refractivity contribution in [3.63, 3.8) is 0 Å². The van der Waals surface area contributed by atoms with Crippen LogP contribution in [0.3, 0.4) is 0 Å². The van der Waals surface area contributed by atoms with Gasteiger partial charge in [-0.25, -0.2) is 0 Å². The predicted octanol–water partition coefficient (Wildman–Crippen LogP) is 5.50. The van der Waals surface area contributed by atoms with Gasteiger partial charge in [0.2, 0.25) is 0 Å². The normalized spacial score (nSPS) is 12.2. The zero-order valence-electron chi connectivity index (χ0n) is 13.7. The molecule has 1 aliphatic rings. The Morgan fingerprint density at radius 3 is 2.75 bits per heavy atom. The third-order valence-corrected chi connectivity index (χ3v) is 4.41. The summed E-state index contributed by atoms with van der Waals surface area (Å²) in [4.78, 5) is 0. The van der Waals surface area contributed by atoms with Gasteiger partial charge in [-0.15, -0.1) is 0 Å². The molecule has 0 N–H and O–H groups in total. The first-order chi connectivity index (χ1) is 11.8. The van der Waals surface area contributed by atoms with Crippen molar-refractivity contribution in [1.29, 1.82) is 0 Å². The average Bonchev–Trinajstić information content (AvgIpc) is 3.06. The molecule has 2 aromatic carbocycles. The Kier molecular flexibility index (Phi) is 3.69. The van der Waals surface area contributed by atoms with E-state index in [0.29, 0.717) is 6.61 Å². The molecule has 3 nitrogen and oxygen atoms in total. The highest BCUT2D eigenvalue weighted by Gasteiger charge is 2.26. The van der Waals surface area contributed by atoms with E-state index in [1.165, 1.54) is 5.56 Å². The third kappa shape index (κ3) is 2.42. The number of hydrogen-bond acceptors (Lipinski definition) is 3. The fourth-order valence-electron chi connectivity index (χ4n) is 3.12. The number of hydrogen-bond donors (Lipinski definition) is 0. The first-order valence-electron chi connectivity index (χ1n) is 8.27. The maximum atomic E-state index is 5.93. The molecule has 24 heavy (non-hydrogen) atoms. The third-order valence-electron chi connectivity index (χ3n) is 4.41. The summed E-state index contributed by atoms with van der Waals surface area (Å²) < 4.78 is 11.6. The van der Waals surface area contributed by atoms with E-state index in [2.05, 4.69) is 42.9 Å². The quantitative estimate of drug-likeness (QED) is 0.637. The highest BCUT2D eigenvalue weighted by atomic mass is 16.5. The summed E-state index contributed by atoms with van der Waals surface area (Å²) in [5.41, 5.74) is 6.27. The van der Waals surface area contributed by atoms with Gasteiger partial charge in [0.25, 0.3) is 0 Å². The molecule has 0 aliphatic carbocycles. The van der Waals surface area contributed by atoms with Gasteiger partial charge in [-0.1, -0.05) is 61.5 Å². The lowest BCUT2D eigenvalue weighted by Gasteiger charge is -2.17. The summed E-state index contributed by atoms with van der Waals surface area (Å²) in [5, 5.41) is 4.31. The van der Waals surface area contributed by atoms with E-state index in [9.17, 15) is 0 Å². The molecular formula is C21H19NO2. The Hall–Kier alpha value is -2.81. The van der Waals surface area contributed by atoms with E-state index in [0.717, 1.165) is 52.3 Å². The predicted molar refractivity (Wildman–Crippen MR) is 95.8 cm³/mol. The Bertz CT molecular complexity index is 891. The molecule has 0 fully saturated rings. The topological polar surface area (TPSA) is 35.3 Å². The molecule has 0 saturated carbocycles. The summed E-state index contributed by atoms with van der Waals surface area (Å²) in [6.45, 7) is 6.46. The number of fused-ring (bicyclic) bond motifs is 3. The van der Waals surface area contributed by atoms with Crippen molar-refractivity contribution in [3.8, 4) is 28.3 Å². The Balaban J connectivity index is 1.74.